The van der Waals surface area contributed by atoms with E-state index in [1.54, 1.807) is 0 Å². The van der Waals surface area contributed by atoms with Crippen LogP contribution in [0.4, 0.5) is 0 Å². The molecule has 144 valence electrons. The SMILES string of the molecule is CC(=O)N[C@@H](CC(C)C)C(=O)N[C@H](Cc1ccc2ccccc2n1)C(N)=O. The first-order valence-electron chi connectivity index (χ1n) is 8.97. The molecule has 0 saturated carbocycles. The summed E-state index contributed by atoms with van der Waals surface area (Å²) in [5.41, 5.74) is 6.94. The fourth-order valence-electron chi connectivity index (χ4n) is 2.87. The van der Waals surface area contributed by atoms with Crippen molar-refractivity contribution in [1.29, 1.82) is 0 Å². The number of carbonyl (C=O) groups excluding carboxylic acids is 3. The van der Waals surface area contributed by atoms with Gasteiger partial charge in [0.2, 0.25) is 17.7 Å². The summed E-state index contributed by atoms with van der Waals surface area (Å²) in [6, 6.07) is 9.74. The lowest BCUT2D eigenvalue weighted by Gasteiger charge is -2.22. The van der Waals surface area contributed by atoms with Crippen LogP contribution in [0.1, 0.15) is 32.9 Å². The van der Waals surface area contributed by atoms with E-state index in [1.807, 2.05) is 50.2 Å². The number of hydrogen-bond donors (Lipinski definition) is 3. The number of benzene rings is 1. The third-order valence-corrected chi connectivity index (χ3v) is 4.13. The van der Waals surface area contributed by atoms with E-state index in [4.69, 9.17) is 5.73 Å². The standard InChI is InChI=1S/C20H26N4O3/c1-12(2)10-18(22-13(3)25)20(27)24-17(19(21)26)11-15-9-8-14-6-4-5-7-16(14)23-15/h4-9,12,17-18H,10-11H2,1-3H3,(H2,21,26)(H,22,25)(H,24,27)/t17-,18+/m1/s1. The summed E-state index contributed by atoms with van der Waals surface area (Å²) in [5, 5.41) is 6.27. The van der Waals surface area contributed by atoms with Gasteiger partial charge in [0.15, 0.2) is 0 Å². The molecule has 4 N–H and O–H groups in total. The van der Waals surface area contributed by atoms with Crippen molar-refractivity contribution < 1.29 is 14.4 Å². The average molecular weight is 370 g/mol. The van der Waals surface area contributed by atoms with Gasteiger partial charge < -0.3 is 16.4 Å². The van der Waals surface area contributed by atoms with E-state index in [0.29, 0.717) is 12.1 Å². The van der Waals surface area contributed by atoms with E-state index < -0.39 is 23.9 Å². The molecule has 7 nitrogen and oxygen atoms in total. The summed E-state index contributed by atoms with van der Waals surface area (Å²) < 4.78 is 0. The normalized spacial score (nSPS) is 13.2. The van der Waals surface area contributed by atoms with Crippen LogP contribution in [0.3, 0.4) is 0 Å². The highest BCUT2D eigenvalue weighted by Crippen LogP contribution is 2.13. The van der Waals surface area contributed by atoms with Crippen molar-refractivity contribution in [2.45, 2.75) is 45.7 Å². The van der Waals surface area contributed by atoms with E-state index >= 15 is 0 Å². The van der Waals surface area contributed by atoms with Crippen LogP contribution in [-0.2, 0) is 20.8 Å². The summed E-state index contributed by atoms with van der Waals surface area (Å²) in [5.74, 6) is -1.18. The Bertz CT molecular complexity index is 835. The van der Waals surface area contributed by atoms with Gasteiger partial charge in [-0.25, -0.2) is 0 Å². The number of amides is 3. The quantitative estimate of drug-likeness (QED) is 0.650. The lowest BCUT2D eigenvalue weighted by Crippen LogP contribution is -2.53. The van der Waals surface area contributed by atoms with Crippen molar-refractivity contribution in [3.8, 4) is 0 Å². The molecule has 0 saturated heterocycles. The van der Waals surface area contributed by atoms with Crippen molar-refractivity contribution >= 4 is 28.6 Å². The van der Waals surface area contributed by atoms with Crippen molar-refractivity contribution in [2.75, 3.05) is 0 Å². The monoisotopic (exact) mass is 370 g/mol. The van der Waals surface area contributed by atoms with Crippen LogP contribution in [0.15, 0.2) is 36.4 Å². The Balaban J connectivity index is 2.14. The van der Waals surface area contributed by atoms with E-state index in [2.05, 4.69) is 15.6 Å². The third kappa shape index (κ3) is 6.06. The zero-order valence-corrected chi connectivity index (χ0v) is 15.9. The molecule has 2 aromatic rings. The molecule has 1 aromatic carbocycles. The molecule has 0 unspecified atom stereocenters. The summed E-state index contributed by atoms with van der Waals surface area (Å²) in [4.78, 5) is 40.3. The number of para-hydroxylation sites is 1. The van der Waals surface area contributed by atoms with Gasteiger partial charge in [-0.3, -0.25) is 19.4 Å². The number of carbonyl (C=O) groups is 3. The minimum Gasteiger partial charge on any atom is -0.368 e. The Hall–Kier alpha value is -2.96. The number of nitrogens with zero attached hydrogens (tertiary/aromatic N) is 1. The molecule has 1 aromatic heterocycles. The summed E-state index contributed by atoms with van der Waals surface area (Å²) in [7, 11) is 0. The summed E-state index contributed by atoms with van der Waals surface area (Å²) in [6.45, 7) is 5.25. The molecular weight excluding hydrogens is 344 g/mol. The average Bonchev–Trinajstić information content (AvgIpc) is 2.59. The van der Waals surface area contributed by atoms with Gasteiger partial charge in [0.05, 0.1) is 5.52 Å². The highest BCUT2D eigenvalue weighted by atomic mass is 16.2. The number of nitrogens with two attached hydrogens (primary N) is 1. The Morgan fingerprint density at radius 2 is 1.74 bits per heavy atom. The van der Waals surface area contributed by atoms with Gasteiger partial charge in [-0.05, 0) is 24.5 Å². The zero-order valence-electron chi connectivity index (χ0n) is 15.9. The Kier molecular flexibility index (Phi) is 6.87. The number of pyridine rings is 1. The Labute approximate surface area is 158 Å². The number of rotatable bonds is 8. The van der Waals surface area contributed by atoms with Gasteiger partial charge in [0.1, 0.15) is 12.1 Å². The highest BCUT2D eigenvalue weighted by Gasteiger charge is 2.26. The molecule has 27 heavy (non-hydrogen) atoms. The van der Waals surface area contributed by atoms with Crippen LogP contribution in [0.25, 0.3) is 10.9 Å². The predicted octanol–water partition coefficient (Wildman–Crippen LogP) is 1.30. The maximum atomic E-state index is 12.6. The van der Waals surface area contributed by atoms with Gasteiger partial charge in [0.25, 0.3) is 0 Å². The van der Waals surface area contributed by atoms with Gasteiger partial charge in [-0.1, -0.05) is 38.1 Å². The van der Waals surface area contributed by atoms with Crippen LogP contribution < -0.4 is 16.4 Å². The van der Waals surface area contributed by atoms with Crippen molar-refractivity contribution in [3.05, 3.63) is 42.1 Å². The minimum absolute atomic E-state index is 0.181. The van der Waals surface area contributed by atoms with Crippen LogP contribution in [-0.4, -0.2) is 34.8 Å². The smallest absolute Gasteiger partial charge is 0.243 e. The number of fused-ring (bicyclic) bond motifs is 1. The van der Waals surface area contributed by atoms with E-state index in [9.17, 15) is 14.4 Å². The minimum atomic E-state index is -0.908. The van der Waals surface area contributed by atoms with Gasteiger partial charge in [-0.2, -0.15) is 0 Å². The third-order valence-electron chi connectivity index (χ3n) is 4.13. The fourth-order valence-corrected chi connectivity index (χ4v) is 2.87. The maximum absolute atomic E-state index is 12.6. The molecule has 2 rings (SSSR count). The molecule has 0 aliphatic heterocycles. The van der Waals surface area contributed by atoms with Crippen molar-refractivity contribution in [2.24, 2.45) is 11.7 Å². The number of hydrogen-bond acceptors (Lipinski definition) is 4. The number of aromatic nitrogens is 1. The Morgan fingerprint density at radius 3 is 2.37 bits per heavy atom. The summed E-state index contributed by atoms with van der Waals surface area (Å²) >= 11 is 0. The lowest BCUT2D eigenvalue weighted by atomic mass is 10.0. The predicted molar refractivity (Wildman–Crippen MR) is 104 cm³/mol. The number of nitrogens with one attached hydrogen (secondary N) is 2. The second-order valence-corrected chi connectivity index (χ2v) is 7.05. The first kappa shape index (κ1) is 20.4. The molecule has 0 aliphatic rings. The topological polar surface area (TPSA) is 114 Å². The van der Waals surface area contributed by atoms with E-state index in [0.717, 1.165) is 10.9 Å². The molecule has 0 spiro atoms. The first-order valence-corrected chi connectivity index (χ1v) is 8.97. The van der Waals surface area contributed by atoms with Gasteiger partial charge in [-0.15, -0.1) is 0 Å². The molecule has 1 heterocycles. The molecule has 0 radical (unpaired) electrons. The maximum Gasteiger partial charge on any atom is 0.243 e. The van der Waals surface area contributed by atoms with E-state index in [1.165, 1.54) is 6.92 Å². The fraction of sp³-hybridized carbons (Fsp3) is 0.400. The summed E-state index contributed by atoms with van der Waals surface area (Å²) in [6.07, 6.45) is 0.644. The molecule has 3 amide bonds. The number of primary amides is 1. The molecule has 2 atom stereocenters. The van der Waals surface area contributed by atoms with Gasteiger partial charge in [0, 0.05) is 24.4 Å². The molecular formula is C20H26N4O3. The molecule has 0 fully saturated rings. The second-order valence-electron chi connectivity index (χ2n) is 7.05. The van der Waals surface area contributed by atoms with Crippen molar-refractivity contribution in [3.63, 3.8) is 0 Å². The van der Waals surface area contributed by atoms with Crippen LogP contribution in [0.5, 0.6) is 0 Å². The highest BCUT2D eigenvalue weighted by molar-refractivity contribution is 5.91. The molecule has 7 heteroatoms. The van der Waals surface area contributed by atoms with Crippen molar-refractivity contribution in [1.82, 2.24) is 15.6 Å². The second kappa shape index (κ2) is 9.12. The van der Waals surface area contributed by atoms with Crippen LogP contribution in [0.2, 0.25) is 0 Å². The van der Waals surface area contributed by atoms with Gasteiger partial charge >= 0.3 is 0 Å². The lowest BCUT2D eigenvalue weighted by molar-refractivity contribution is -0.131. The molecule has 0 aliphatic carbocycles. The zero-order chi connectivity index (χ0) is 20.0. The van der Waals surface area contributed by atoms with Crippen LogP contribution in [0, 0.1) is 5.92 Å². The largest absolute Gasteiger partial charge is 0.368 e. The van der Waals surface area contributed by atoms with Crippen LogP contribution >= 0.6 is 0 Å². The molecule has 0 bridgehead atoms. The van der Waals surface area contributed by atoms with E-state index in [-0.39, 0.29) is 18.2 Å². The first-order chi connectivity index (χ1) is 12.8. The Morgan fingerprint density at radius 1 is 1.04 bits per heavy atom.